The van der Waals surface area contributed by atoms with Crippen LogP contribution < -0.4 is 0 Å². The summed E-state index contributed by atoms with van der Waals surface area (Å²) in [7, 11) is 0. The molecule has 64 heavy (non-hydrogen) atoms. The second-order valence-electron chi connectivity index (χ2n) is 16.7. The third kappa shape index (κ3) is 49.1. The fourth-order valence-electron chi connectivity index (χ4n) is 6.64. The Balaban J connectivity index is 4.45. The number of carbonyl (C=O) groups excluding carboxylic acids is 3. The van der Waals surface area contributed by atoms with Crippen LogP contribution in [0.2, 0.25) is 0 Å². The van der Waals surface area contributed by atoms with E-state index in [1.54, 1.807) is 0 Å². The number of allylic oxidation sites excluding steroid dienone is 18. The number of ether oxygens (including phenoxy) is 3. The monoisotopic (exact) mass is 887 g/mol. The minimum absolute atomic E-state index is 0.102. The number of carbonyl (C=O) groups is 3. The van der Waals surface area contributed by atoms with Gasteiger partial charge in [-0.05, 0) is 96.3 Å². The normalized spacial score (nSPS) is 13.0. The third-order valence-electron chi connectivity index (χ3n) is 10.5. The molecule has 1 atom stereocenters. The lowest BCUT2D eigenvalue weighted by Crippen LogP contribution is -2.30. The van der Waals surface area contributed by atoms with Crippen LogP contribution in [-0.4, -0.2) is 37.2 Å². The van der Waals surface area contributed by atoms with E-state index in [2.05, 4.69) is 130 Å². The molecule has 1 unspecified atom stereocenters. The van der Waals surface area contributed by atoms with E-state index < -0.39 is 6.10 Å². The first-order valence-electron chi connectivity index (χ1n) is 25.9. The number of esters is 3. The summed E-state index contributed by atoms with van der Waals surface area (Å²) in [5.41, 5.74) is 0. The van der Waals surface area contributed by atoms with Gasteiger partial charge in [-0.15, -0.1) is 0 Å². The number of unbranched alkanes of at least 4 members (excludes halogenated alkanes) is 16. The van der Waals surface area contributed by atoms with Crippen LogP contribution in [0, 0.1) is 0 Å². The van der Waals surface area contributed by atoms with Gasteiger partial charge >= 0.3 is 17.9 Å². The Morgan fingerprint density at radius 3 is 1.08 bits per heavy atom. The van der Waals surface area contributed by atoms with Crippen LogP contribution in [0.15, 0.2) is 109 Å². The Bertz CT molecular complexity index is 1340. The molecule has 0 spiro atoms. The molecule has 0 aromatic rings. The molecular formula is C58H94O6. The van der Waals surface area contributed by atoms with E-state index in [-0.39, 0.29) is 37.5 Å². The van der Waals surface area contributed by atoms with Crippen LogP contribution in [0.25, 0.3) is 0 Å². The number of hydrogen-bond acceptors (Lipinski definition) is 6. The molecule has 362 valence electrons. The standard InChI is InChI=1S/C58H94O6/c1-4-7-10-13-16-19-22-24-25-26-27-28-29-30-31-32-33-35-36-39-42-45-48-51-57(60)63-54-55(53-62-56(59)50-47-44-41-38-21-18-15-12-9-6-3)64-58(61)52-49-46-43-40-37-34-23-20-17-14-11-8-5-2/h7,10-11,14,16,19-20,23-25,27-28,30-31,33,35,39,42,55H,4-6,8-9,12-13,15,17-18,21-22,26,29,32,34,36-38,40-41,43-54H2,1-3H3/b10-7-,14-11-,19-16-,23-20-,25-24-,28-27-,31-30-,35-33-,42-39-. The predicted octanol–water partition coefficient (Wildman–Crippen LogP) is 17.1. The van der Waals surface area contributed by atoms with Gasteiger partial charge in [-0.3, -0.25) is 14.4 Å². The molecule has 0 aromatic carbocycles. The molecule has 0 aliphatic heterocycles. The smallest absolute Gasteiger partial charge is 0.306 e. The Morgan fingerprint density at radius 2 is 0.656 bits per heavy atom. The average molecular weight is 887 g/mol. The molecule has 0 rings (SSSR count). The summed E-state index contributed by atoms with van der Waals surface area (Å²) in [4.78, 5) is 37.9. The summed E-state index contributed by atoms with van der Waals surface area (Å²) in [5.74, 6) is -0.987. The summed E-state index contributed by atoms with van der Waals surface area (Å²) in [6, 6.07) is 0. The highest BCUT2D eigenvalue weighted by Crippen LogP contribution is 2.13. The van der Waals surface area contributed by atoms with E-state index in [9.17, 15) is 14.4 Å². The summed E-state index contributed by atoms with van der Waals surface area (Å²) in [6.45, 7) is 6.37. The molecule has 0 aliphatic rings. The number of hydrogen-bond donors (Lipinski definition) is 0. The van der Waals surface area contributed by atoms with Gasteiger partial charge in [0.2, 0.25) is 0 Å². The van der Waals surface area contributed by atoms with E-state index in [1.807, 2.05) is 0 Å². The quantitative estimate of drug-likeness (QED) is 0.0262. The zero-order valence-electron chi connectivity index (χ0n) is 41.3. The fraction of sp³-hybridized carbons (Fsp3) is 0.638. The number of rotatable bonds is 45. The second-order valence-corrected chi connectivity index (χ2v) is 16.7. The van der Waals surface area contributed by atoms with Gasteiger partial charge in [0.1, 0.15) is 13.2 Å². The van der Waals surface area contributed by atoms with Gasteiger partial charge in [0.25, 0.3) is 0 Å². The Morgan fingerprint density at radius 1 is 0.328 bits per heavy atom. The highest BCUT2D eigenvalue weighted by molar-refractivity contribution is 5.71. The van der Waals surface area contributed by atoms with Crippen molar-refractivity contribution in [2.75, 3.05) is 13.2 Å². The minimum Gasteiger partial charge on any atom is -0.462 e. The lowest BCUT2D eigenvalue weighted by atomic mass is 10.1. The lowest BCUT2D eigenvalue weighted by Gasteiger charge is -2.18. The predicted molar refractivity (Wildman–Crippen MR) is 274 cm³/mol. The molecule has 0 N–H and O–H groups in total. The Hall–Kier alpha value is -3.93. The van der Waals surface area contributed by atoms with E-state index in [4.69, 9.17) is 14.2 Å². The highest BCUT2D eigenvalue weighted by atomic mass is 16.6. The van der Waals surface area contributed by atoms with E-state index in [0.717, 1.165) is 122 Å². The minimum atomic E-state index is -0.807. The van der Waals surface area contributed by atoms with Crippen molar-refractivity contribution in [1.82, 2.24) is 0 Å². The maximum absolute atomic E-state index is 12.8. The zero-order chi connectivity index (χ0) is 46.5. The topological polar surface area (TPSA) is 78.9 Å². The highest BCUT2D eigenvalue weighted by Gasteiger charge is 2.19. The van der Waals surface area contributed by atoms with Crippen molar-refractivity contribution in [3.05, 3.63) is 109 Å². The molecule has 0 saturated carbocycles. The van der Waals surface area contributed by atoms with Crippen LogP contribution in [0.4, 0.5) is 0 Å². The van der Waals surface area contributed by atoms with Crippen LogP contribution in [0.3, 0.4) is 0 Å². The third-order valence-corrected chi connectivity index (χ3v) is 10.5. The van der Waals surface area contributed by atoms with Crippen LogP contribution in [-0.2, 0) is 28.6 Å². The Kier molecular flexibility index (Phi) is 48.5. The zero-order valence-corrected chi connectivity index (χ0v) is 41.3. The molecule has 0 amide bonds. The first-order chi connectivity index (χ1) is 31.5. The van der Waals surface area contributed by atoms with Gasteiger partial charge in [0.15, 0.2) is 6.10 Å². The van der Waals surface area contributed by atoms with Gasteiger partial charge in [0.05, 0.1) is 0 Å². The van der Waals surface area contributed by atoms with Crippen molar-refractivity contribution < 1.29 is 28.6 Å². The molecule has 0 aliphatic carbocycles. The molecule has 0 saturated heterocycles. The first-order valence-corrected chi connectivity index (χ1v) is 25.9. The summed E-state index contributed by atoms with van der Waals surface area (Å²) < 4.78 is 16.7. The molecule has 0 radical (unpaired) electrons. The SMILES string of the molecule is CC/C=C\C/C=C\C/C=C\C/C=C\C/C=C\C/C=C\C/C=C\CCCC(=O)OCC(COC(=O)CCCCCCCCCCCC)OC(=O)CCCCCCC/C=C\C/C=C\CCC. The van der Waals surface area contributed by atoms with Gasteiger partial charge in [0, 0.05) is 19.3 Å². The van der Waals surface area contributed by atoms with Crippen LogP contribution in [0.1, 0.15) is 220 Å². The van der Waals surface area contributed by atoms with Crippen LogP contribution >= 0.6 is 0 Å². The van der Waals surface area contributed by atoms with Crippen molar-refractivity contribution in [1.29, 1.82) is 0 Å². The average Bonchev–Trinajstić information content (AvgIpc) is 3.29. The van der Waals surface area contributed by atoms with Gasteiger partial charge in [-0.1, -0.05) is 214 Å². The van der Waals surface area contributed by atoms with Crippen molar-refractivity contribution in [2.45, 2.75) is 226 Å². The summed E-state index contributed by atoms with van der Waals surface area (Å²) in [5, 5.41) is 0. The van der Waals surface area contributed by atoms with Gasteiger partial charge in [-0.2, -0.15) is 0 Å². The summed E-state index contributed by atoms with van der Waals surface area (Å²) in [6.07, 6.45) is 69.4. The van der Waals surface area contributed by atoms with Crippen molar-refractivity contribution >= 4 is 17.9 Å². The fourth-order valence-corrected chi connectivity index (χ4v) is 6.64. The van der Waals surface area contributed by atoms with Crippen molar-refractivity contribution in [2.24, 2.45) is 0 Å². The maximum Gasteiger partial charge on any atom is 0.306 e. The molecule has 0 aromatic heterocycles. The van der Waals surface area contributed by atoms with E-state index in [1.165, 1.54) is 51.4 Å². The largest absolute Gasteiger partial charge is 0.462 e. The molecule has 0 fully saturated rings. The molecule has 6 heteroatoms. The molecule has 0 bridgehead atoms. The molecule has 0 heterocycles. The molecular weight excluding hydrogens is 793 g/mol. The van der Waals surface area contributed by atoms with Gasteiger partial charge < -0.3 is 14.2 Å². The Labute approximate surface area is 393 Å². The molecule has 6 nitrogen and oxygen atoms in total. The van der Waals surface area contributed by atoms with E-state index in [0.29, 0.717) is 19.3 Å². The van der Waals surface area contributed by atoms with Gasteiger partial charge in [-0.25, -0.2) is 0 Å². The van der Waals surface area contributed by atoms with E-state index >= 15 is 0 Å². The first kappa shape index (κ1) is 60.1. The second kappa shape index (κ2) is 51.7. The lowest BCUT2D eigenvalue weighted by molar-refractivity contribution is -0.167. The van der Waals surface area contributed by atoms with Crippen LogP contribution in [0.5, 0.6) is 0 Å². The maximum atomic E-state index is 12.8. The van der Waals surface area contributed by atoms with Crippen molar-refractivity contribution in [3.63, 3.8) is 0 Å². The summed E-state index contributed by atoms with van der Waals surface area (Å²) >= 11 is 0. The van der Waals surface area contributed by atoms with Crippen molar-refractivity contribution in [3.8, 4) is 0 Å².